The second-order valence-corrected chi connectivity index (χ2v) is 9.10. The number of hydrogen-bond acceptors (Lipinski definition) is 15. The molecule has 1 aromatic heterocycles. The van der Waals surface area contributed by atoms with E-state index in [2.05, 4.69) is 22.4 Å². The highest BCUT2D eigenvalue weighted by Crippen LogP contribution is 2.26. The van der Waals surface area contributed by atoms with Crippen molar-refractivity contribution < 1.29 is 42.8 Å². The van der Waals surface area contributed by atoms with Crippen LogP contribution in [0, 0.1) is 10.8 Å². The number of anilines is 1. The van der Waals surface area contributed by atoms with Gasteiger partial charge in [0.05, 0.1) is 46.2 Å². The standard InChI is InChI=1S/C13H15N5O2S2.C12H24O5.CH2O2/c1-16-9-5-7(10(14)19-12(15)21-2)4-8(6-9)11-17-18-13(20-11)22-3;1-2-5-14-7-9-16-11-12-17-10-8-15-6-3-4-13;2-1-3/h4-6,14-16H,1-3H3;4H,2-3,5-12H2,1H3;1H,(H,2,3). The van der Waals surface area contributed by atoms with Crippen LogP contribution in [-0.2, 0) is 33.3 Å². The van der Waals surface area contributed by atoms with Gasteiger partial charge >= 0.3 is 0 Å². The topological polar surface area (TPSA) is 199 Å². The maximum atomic E-state index is 9.97. The van der Waals surface area contributed by atoms with Crippen molar-refractivity contribution in [2.75, 3.05) is 77.7 Å². The van der Waals surface area contributed by atoms with Crippen LogP contribution >= 0.6 is 23.5 Å². The summed E-state index contributed by atoms with van der Waals surface area (Å²) in [6.45, 7) is 6.53. The lowest BCUT2D eigenvalue weighted by Gasteiger charge is -2.09. The Kier molecular flexibility index (Phi) is 24.9. The minimum absolute atomic E-state index is 0.0381. The van der Waals surface area contributed by atoms with Gasteiger partial charge in [0, 0.05) is 36.9 Å². The lowest BCUT2D eigenvalue weighted by atomic mass is 10.1. The average molecular weight is 632 g/mol. The summed E-state index contributed by atoms with van der Waals surface area (Å²) in [6, 6.07) is 5.31. The highest BCUT2D eigenvalue weighted by atomic mass is 32.2. The Labute approximate surface area is 254 Å². The molecule has 14 nitrogen and oxygen atoms in total. The van der Waals surface area contributed by atoms with Gasteiger partial charge < -0.3 is 43.3 Å². The summed E-state index contributed by atoms with van der Waals surface area (Å²) in [5, 5.41) is 33.7. The Bertz CT molecular complexity index is 1030. The molecule has 42 heavy (non-hydrogen) atoms. The molecule has 0 amide bonds. The fraction of sp³-hybridized carbons (Fsp3) is 0.538. The third-order valence-corrected chi connectivity index (χ3v) is 5.50. The number of carbonyl (C=O) groups excluding carboxylic acids is 1. The number of aromatic nitrogens is 2. The first-order valence-electron chi connectivity index (χ1n) is 12.8. The Balaban J connectivity index is 0.000000755. The first-order chi connectivity index (χ1) is 20.4. The summed E-state index contributed by atoms with van der Waals surface area (Å²) in [7, 11) is 1.78. The quantitative estimate of drug-likeness (QED) is 0.0607. The van der Waals surface area contributed by atoms with Gasteiger partial charge in [-0.15, -0.1) is 10.2 Å². The minimum atomic E-state index is -0.250. The molecule has 0 aliphatic rings. The van der Waals surface area contributed by atoms with Gasteiger partial charge in [-0.3, -0.25) is 15.6 Å². The summed E-state index contributed by atoms with van der Waals surface area (Å²) in [4.78, 5) is 18.3. The molecule has 236 valence electrons. The van der Waals surface area contributed by atoms with Crippen molar-refractivity contribution in [3.63, 3.8) is 0 Å². The number of rotatable bonds is 18. The van der Waals surface area contributed by atoms with E-state index in [0.717, 1.165) is 36.8 Å². The smallest absolute Gasteiger partial charge is 0.290 e. The van der Waals surface area contributed by atoms with Crippen LogP contribution in [0.4, 0.5) is 5.69 Å². The van der Waals surface area contributed by atoms with Crippen molar-refractivity contribution >= 4 is 53.1 Å². The number of carbonyl (C=O) groups is 2. The highest BCUT2D eigenvalue weighted by Gasteiger charge is 2.14. The Morgan fingerprint density at radius 1 is 0.952 bits per heavy atom. The zero-order valence-electron chi connectivity index (χ0n) is 24.4. The van der Waals surface area contributed by atoms with Crippen molar-refractivity contribution in [2.45, 2.75) is 25.0 Å². The molecule has 0 saturated carbocycles. The highest BCUT2D eigenvalue weighted by molar-refractivity contribution is 8.12. The first-order valence-corrected chi connectivity index (χ1v) is 15.3. The van der Waals surface area contributed by atoms with Gasteiger partial charge in [0.2, 0.25) is 17.0 Å². The van der Waals surface area contributed by atoms with Gasteiger partial charge in [0.1, 0.15) is 6.29 Å². The van der Waals surface area contributed by atoms with Crippen LogP contribution in [0.25, 0.3) is 11.5 Å². The summed E-state index contributed by atoms with van der Waals surface area (Å²) < 4.78 is 31.6. The zero-order chi connectivity index (χ0) is 31.4. The SMILES string of the molecule is CCCOCCOCCOCCOCCC=O.CNc1cc(C(=N)OC(=N)SC)cc(-c2nnc(SC)o2)c1.O=CO. The molecule has 0 radical (unpaired) electrons. The second kappa shape index (κ2) is 26.9. The van der Waals surface area contributed by atoms with E-state index >= 15 is 0 Å². The van der Waals surface area contributed by atoms with Crippen molar-refractivity contribution in [1.29, 1.82) is 10.8 Å². The molecule has 0 unspecified atom stereocenters. The molecule has 4 N–H and O–H groups in total. The maximum absolute atomic E-state index is 9.97. The Morgan fingerprint density at radius 3 is 2.00 bits per heavy atom. The average Bonchev–Trinajstić information content (AvgIpc) is 3.49. The molecule has 0 aliphatic carbocycles. The first kappa shape index (κ1) is 39.0. The molecule has 1 aromatic carbocycles. The summed E-state index contributed by atoms with van der Waals surface area (Å²) in [5.74, 6) is 0.262. The Morgan fingerprint density at radius 2 is 1.52 bits per heavy atom. The summed E-state index contributed by atoms with van der Waals surface area (Å²) >= 11 is 2.49. The van der Waals surface area contributed by atoms with Gasteiger partial charge in [0.15, 0.2) is 0 Å². The van der Waals surface area contributed by atoms with E-state index in [1.165, 1.54) is 11.8 Å². The fourth-order valence-corrected chi connectivity index (χ4v) is 3.12. The molecule has 0 saturated heterocycles. The lowest BCUT2D eigenvalue weighted by Crippen LogP contribution is -2.12. The van der Waals surface area contributed by atoms with Crippen LogP contribution in [0.15, 0.2) is 27.8 Å². The van der Waals surface area contributed by atoms with Crippen LogP contribution in [0.3, 0.4) is 0 Å². The lowest BCUT2D eigenvalue weighted by molar-refractivity contribution is -0.122. The largest absolute Gasteiger partial charge is 0.483 e. The van der Waals surface area contributed by atoms with E-state index in [0.29, 0.717) is 74.9 Å². The number of benzene rings is 1. The van der Waals surface area contributed by atoms with Gasteiger partial charge in [-0.05, 0) is 37.1 Å². The molecule has 0 atom stereocenters. The molecule has 16 heteroatoms. The Hall–Kier alpha value is -3.02. The van der Waals surface area contributed by atoms with E-state index < -0.39 is 0 Å². The van der Waals surface area contributed by atoms with Gasteiger partial charge in [-0.1, -0.05) is 30.4 Å². The number of thioether (sulfide) groups is 2. The van der Waals surface area contributed by atoms with Crippen LogP contribution in [0.5, 0.6) is 0 Å². The second-order valence-electron chi connectivity index (χ2n) is 7.56. The van der Waals surface area contributed by atoms with E-state index in [4.69, 9.17) is 48.8 Å². The van der Waals surface area contributed by atoms with Gasteiger partial charge in [-0.2, -0.15) is 0 Å². The molecule has 2 aromatic rings. The van der Waals surface area contributed by atoms with Crippen molar-refractivity contribution in [3.8, 4) is 11.5 Å². The zero-order valence-corrected chi connectivity index (χ0v) is 26.0. The van der Waals surface area contributed by atoms with Crippen LogP contribution in [-0.4, -0.2) is 112 Å². The van der Waals surface area contributed by atoms with Crippen LogP contribution in [0.1, 0.15) is 25.3 Å². The molecular weight excluding hydrogens is 590 g/mol. The number of nitrogens with zero attached hydrogens (tertiary/aromatic N) is 2. The van der Waals surface area contributed by atoms with Crippen LogP contribution < -0.4 is 5.32 Å². The van der Waals surface area contributed by atoms with Crippen molar-refractivity contribution in [1.82, 2.24) is 10.2 Å². The molecule has 0 bridgehead atoms. The van der Waals surface area contributed by atoms with E-state index in [9.17, 15) is 4.79 Å². The normalized spacial score (nSPS) is 10.0. The van der Waals surface area contributed by atoms with E-state index in [1.807, 2.05) is 12.3 Å². The number of carboxylic acid groups (broad SMARTS) is 1. The molecule has 1 heterocycles. The third-order valence-electron chi connectivity index (χ3n) is 4.54. The third kappa shape index (κ3) is 19.2. The summed E-state index contributed by atoms with van der Waals surface area (Å²) in [6.07, 6.45) is 5.89. The number of nitrogens with one attached hydrogen (secondary N) is 3. The number of aldehydes is 1. The molecule has 0 spiro atoms. The molecule has 2 rings (SSSR count). The molecule has 0 fully saturated rings. The molecule has 0 aliphatic heterocycles. The summed E-state index contributed by atoms with van der Waals surface area (Å²) in [5.41, 5.74) is 1.98. The number of hydrogen-bond donors (Lipinski definition) is 4. The van der Waals surface area contributed by atoms with E-state index in [1.54, 1.807) is 25.4 Å². The van der Waals surface area contributed by atoms with Crippen LogP contribution in [0.2, 0.25) is 0 Å². The predicted molar refractivity (Wildman–Crippen MR) is 163 cm³/mol. The predicted octanol–water partition coefficient (Wildman–Crippen LogP) is 3.89. The monoisotopic (exact) mass is 631 g/mol. The number of ether oxygens (including phenoxy) is 5. The van der Waals surface area contributed by atoms with Gasteiger partial charge in [0.25, 0.3) is 11.7 Å². The maximum Gasteiger partial charge on any atom is 0.290 e. The minimum Gasteiger partial charge on any atom is -0.483 e. The van der Waals surface area contributed by atoms with Crippen molar-refractivity contribution in [2.24, 2.45) is 0 Å². The van der Waals surface area contributed by atoms with E-state index in [-0.39, 0.29) is 17.6 Å². The molecular formula is C26H41N5O9S2. The van der Waals surface area contributed by atoms with Crippen molar-refractivity contribution in [3.05, 3.63) is 23.8 Å². The van der Waals surface area contributed by atoms with Gasteiger partial charge in [-0.25, -0.2) is 0 Å². The fourth-order valence-electron chi connectivity index (χ4n) is 2.67.